The van der Waals surface area contributed by atoms with Crippen LogP contribution in [-0.2, 0) is 21.4 Å². The number of amides is 1. The average molecular weight is 239 g/mol. The standard InChI is InChI=1S/C11H17N3O3/c1-5-17-10(16)6-9(15)12-11-7(2)13-14(4)8(11)3/h5-6H2,1-4H3,(H,12,15). The summed E-state index contributed by atoms with van der Waals surface area (Å²) in [7, 11) is 1.79. The first-order chi connectivity index (χ1) is 7.95. The number of rotatable bonds is 4. The molecule has 1 aromatic rings. The number of aromatic nitrogens is 2. The fourth-order valence-electron chi connectivity index (χ4n) is 1.48. The van der Waals surface area contributed by atoms with Crippen LogP contribution in [0.3, 0.4) is 0 Å². The maximum Gasteiger partial charge on any atom is 0.315 e. The van der Waals surface area contributed by atoms with Gasteiger partial charge < -0.3 is 10.1 Å². The van der Waals surface area contributed by atoms with E-state index in [0.29, 0.717) is 5.69 Å². The highest BCUT2D eigenvalue weighted by molar-refractivity contribution is 6.02. The molecule has 6 nitrogen and oxygen atoms in total. The van der Waals surface area contributed by atoms with Crippen LogP contribution in [0.1, 0.15) is 24.7 Å². The van der Waals surface area contributed by atoms with Gasteiger partial charge in [0, 0.05) is 7.05 Å². The van der Waals surface area contributed by atoms with E-state index >= 15 is 0 Å². The minimum atomic E-state index is -0.524. The molecule has 0 radical (unpaired) electrons. The van der Waals surface area contributed by atoms with Crippen molar-refractivity contribution in [3.05, 3.63) is 11.4 Å². The van der Waals surface area contributed by atoms with Crippen molar-refractivity contribution in [3.8, 4) is 0 Å². The Morgan fingerprint density at radius 2 is 2.06 bits per heavy atom. The lowest BCUT2D eigenvalue weighted by atomic mass is 10.3. The zero-order chi connectivity index (χ0) is 13.0. The maximum atomic E-state index is 11.6. The molecule has 0 aliphatic rings. The van der Waals surface area contributed by atoms with Crippen LogP contribution in [0.2, 0.25) is 0 Å². The smallest absolute Gasteiger partial charge is 0.315 e. The Labute approximate surface area is 99.9 Å². The predicted octanol–water partition coefficient (Wildman–Crippen LogP) is 0.929. The van der Waals surface area contributed by atoms with E-state index in [0.717, 1.165) is 11.4 Å². The van der Waals surface area contributed by atoms with Crippen LogP contribution < -0.4 is 5.32 Å². The Morgan fingerprint density at radius 3 is 2.53 bits per heavy atom. The molecule has 0 unspecified atom stereocenters. The first-order valence-corrected chi connectivity index (χ1v) is 5.41. The third kappa shape index (κ3) is 3.30. The number of aryl methyl sites for hydroxylation is 2. The summed E-state index contributed by atoms with van der Waals surface area (Å²) >= 11 is 0. The van der Waals surface area contributed by atoms with Crippen LogP contribution in [0.15, 0.2) is 0 Å². The first-order valence-electron chi connectivity index (χ1n) is 5.41. The van der Waals surface area contributed by atoms with Crippen molar-refractivity contribution in [2.75, 3.05) is 11.9 Å². The highest BCUT2D eigenvalue weighted by Gasteiger charge is 2.15. The molecule has 1 rings (SSSR count). The number of nitrogens with zero attached hydrogens (tertiary/aromatic N) is 2. The van der Waals surface area contributed by atoms with Gasteiger partial charge in [-0.15, -0.1) is 0 Å². The number of anilines is 1. The molecular weight excluding hydrogens is 222 g/mol. The molecule has 0 fully saturated rings. The molecule has 0 atom stereocenters. The molecule has 0 saturated carbocycles. The summed E-state index contributed by atoms with van der Waals surface area (Å²) in [6, 6.07) is 0. The van der Waals surface area contributed by atoms with E-state index in [-0.39, 0.29) is 18.9 Å². The van der Waals surface area contributed by atoms with E-state index in [2.05, 4.69) is 10.4 Å². The number of carbonyl (C=O) groups excluding carboxylic acids is 2. The van der Waals surface area contributed by atoms with Crippen molar-refractivity contribution in [2.45, 2.75) is 27.2 Å². The summed E-state index contributed by atoms with van der Waals surface area (Å²) in [6.07, 6.45) is -0.276. The van der Waals surface area contributed by atoms with E-state index in [9.17, 15) is 9.59 Å². The summed E-state index contributed by atoms with van der Waals surface area (Å²) < 4.78 is 6.37. The van der Waals surface area contributed by atoms with Crippen LogP contribution in [0.25, 0.3) is 0 Å². The van der Waals surface area contributed by atoms with Crippen molar-refractivity contribution in [1.29, 1.82) is 0 Å². The monoisotopic (exact) mass is 239 g/mol. The third-order valence-corrected chi connectivity index (χ3v) is 2.38. The fourth-order valence-corrected chi connectivity index (χ4v) is 1.48. The highest BCUT2D eigenvalue weighted by atomic mass is 16.5. The molecule has 0 aromatic carbocycles. The second kappa shape index (κ2) is 5.47. The van der Waals surface area contributed by atoms with Gasteiger partial charge in [0.25, 0.3) is 0 Å². The van der Waals surface area contributed by atoms with Gasteiger partial charge in [0.05, 0.1) is 23.7 Å². The SMILES string of the molecule is CCOC(=O)CC(=O)Nc1c(C)nn(C)c1C. The van der Waals surface area contributed by atoms with Gasteiger partial charge in [-0.05, 0) is 20.8 Å². The zero-order valence-electron chi connectivity index (χ0n) is 10.5. The number of hydrogen-bond donors (Lipinski definition) is 1. The molecular formula is C11H17N3O3. The Hall–Kier alpha value is -1.85. The normalized spacial score (nSPS) is 10.1. The lowest BCUT2D eigenvalue weighted by molar-refractivity contribution is -0.145. The number of esters is 1. The average Bonchev–Trinajstić information content (AvgIpc) is 2.45. The second-order valence-electron chi connectivity index (χ2n) is 3.70. The molecule has 0 saturated heterocycles. The summed E-state index contributed by atoms with van der Waals surface area (Å²) in [6.45, 7) is 5.62. The highest BCUT2D eigenvalue weighted by Crippen LogP contribution is 2.18. The molecule has 6 heteroatoms. The third-order valence-electron chi connectivity index (χ3n) is 2.38. The van der Waals surface area contributed by atoms with Crippen molar-refractivity contribution in [1.82, 2.24) is 9.78 Å². The molecule has 1 aromatic heterocycles. The summed E-state index contributed by atoms with van der Waals surface area (Å²) in [5.41, 5.74) is 2.23. The van der Waals surface area contributed by atoms with Crippen molar-refractivity contribution in [3.63, 3.8) is 0 Å². The largest absolute Gasteiger partial charge is 0.466 e. The summed E-state index contributed by atoms with van der Waals surface area (Å²) in [4.78, 5) is 22.7. The van der Waals surface area contributed by atoms with Gasteiger partial charge in [0.1, 0.15) is 6.42 Å². The Bertz CT molecular complexity index is 437. The van der Waals surface area contributed by atoms with Crippen LogP contribution in [0.5, 0.6) is 0 Å². The Balaban J connectivity index is 2.65. The van der Waals surface area contributed by atoms with E-state index in [1.165, 1.54) is 0 Å². The van der Waals surface area contributed by atoms with Gasteiger partial charge >= 0.3 is 5.97 Å². The van der Waals surface area contributed by atoms with Crippen molar-refractivity contribution >= 4 is 17.6 Å². The van der Waals surface area contributed by atoms with Crippen molar-refractivity contribution < 1.29 is 14.3 Å². The quantitative estimate of drug-likeness (QED) is 0.626. The first kappa shape index (κ1) is 13.2. The molecule has 17 heavy (non-hydrogen) atoms. The van der Waals surface area contributed by atoms with Crippen LogP contribution in [0.4, 0.5) is 5.69 Å². The Morgan fingerprint density at radius 1 is 1.41 bits per heavy atom. The zero-order valence-corrected chi connectivity index (χ0v) is 10.5. The van der Waals surface area contributed by atoms with Gasteiger partial charge in [-0.2, -0.15) is 5.10 Å². The molecule has 1 N–H and O–H groups in total. The number of carbonyl (C=O) groups is 2. The van der Waals surface area contributed by atoms with Gasteiger partial charge in [0.15, 0.2) is 0 Å². The summed E-state index contributed by atoms with van der Waals surface area (Å²) in [5.74, 6) is -0.910. The maximum absolute atomic E-state index is 11.6. The van der Waals surface area contributed by atoms with E-state index in [1.54, 1.807) is 25.6 Å². The van der Waals surface area contributed by atoms with Gasteiger partial charge in [-0.25, -0.2) is 0 Å². The molecule has 0 bridgehead atoms. The van der Waals surface area contributed by atoms with E-state index in [1.807, 2.05) is 6.92 Å². The molecule has 0 aliphatic carbocycles. The minimum absolute atomic E-state index is 0.275. The van der Waals surface area contributed by atoms with Gasteiger partial charge in [-0.3, -0.25) is 14.3 Å². The lowest BCUT2D eigenvalue weighted by Crippen LogP contribution is -2.18. The number of ether oxygens (including phenoxy) is 1. The fraction of sp³-hybridized carbons (Fsp3) is 0.545. The van der Waals surface area contributed by atoms with Crippen molar-refractivity contribution in [2.24, 2.45) is 7.05 Å². The van der Waals surface area contributed by atoms with Gasteiger partial charge in [-0.1, -0.05) is 0 Å². The topological polar surface area (TPSA) is 73.2 Å². The lowest BCUT2D eigenvalue weighted by Gasteiger charge is -2.05. The van der Waals surface area contributed by atoms with Crippen LogP contribution in [0, 0.1) is 13.8 Å². The number of hydrogen-bond acceptors (Lipinski definition) is 4. The molecule has 1 heterocycles. The summed E-state index contributed by atoms with van der Waals surface area (Å²) in [5, 5.41) is 6.83. The van der Waals surface area contributed by atoms with Crippen LogP contribution in [-0.4, -0.2) is 28.3 Å². The number of nitrogens with one attached hydrogen (secondary N) is 1. The molecule has 94 valence electrons. The molecule has 0 spiro atoms. The second-order valence-corrected chi connectivity index (χ2v) is 3.70. The van der Waals surface area contributed by atoms with Crippen LogP contribution >= 0.6 is 0 Å². The minimum Gasteiger partial charge on any atom is -0.466 e. The Kier molecular flexibility index (Phi) is 4.25. The van der Waals surface area contributed by atoms with E-state index < -0.39 is 5.97 Å². The van der Waals surface area contributed by atoms with Gasteiger partial charge in [0.2, 0.25) is 5.91 Å². The predicted molar refractivity (Wildman–Crippen MR) is 62.6 cm³/mol. The molecule has 1 amide bonds. The van der Waals surface area contributed by atoms with E-state index in [4.69, 9.17) is 4.74 Å². The molecule has 0 aliphatic heterocycles.